The van der Waals surface area contributed by atoms with E-state index in [9.17, 15) is 16.8 Å². The van der Waals surface area contributed by atoms with E-state index >= 15 is 0 Å². The van der Waals surface area contributed by atoms with Gasteiger partial charge in [-0.25, -0.2) is 9.66 Å². The molecule has 0 bridgehead atoms. The van der Waals surface area contributed by atoms with Crippen LogP contribution in [-0.4, -0.2) is 33.8 Å². The zero-order valence-corrected chi connectivity index (χ0v) is 25.0. The van der Waals surface area contributed by atoms with Gasteiger partial charge in [-0.1, -0.05) is 83.4 Å². The highest BCUT2D eigenvalue weighted by Gasteiger charge is 2.19. The van der Waals surface area contributed by atoms with Crippen molar-refractivity contribution >= 4 is 55.0 Å². The summed E-state index contributed by atoms with van der Waals surface area (Å²) in [5.74, 6) is 0. The monoisotopic (exact) mass is 619 g/mol. The molecule has 1 aromatic heterocycles. The summed E-state index contributed by atoms with van der Waals surface area (Å²) in [4.78, 5) is 4.66. The fourth-order valence-electron chi connectivity index (χ4n) is 4.27. The number of hydrogen-bond donors (Lipinski definition) is 2. The summed E-state index contributed by atoms with van der Waals surface area (Å²) >= 11 is 6.88. The number of halogens is 1. The molecule has 5 aromatic rings. The van der Waals surface area contributed by atoms with Gasteiger partial charge in [-0.2, -0.15) is 27.0 Å². The normalized spacial score (nSPS) is 12.4. The number of rotatable bonds is 9. The third-order valence-electron chi connectivity index (χ3n) is 6.42. The van der Waals surface area contributed by atoms with E-state index in [2.05, 4.69) is 19.9 Å². The van der Waals surface area contributed by atoms with Gasteiger partial charge in [-0.3, -0.25) is 4.57 Å². The highest BCUT2D eigenvalue weighted by Crippen LogP contribution is 2.34. The lowest BCUT2D eigenvalue weighted by molar-refractivity contribution is 0.583. The van der Waals surface area contributed by atoms with Crippen molar-refractivity contribution in [1.29, 1.82) is 0 Å². The standard InChI is InChI=1S/C30H26ClN5O4S2/c1-21-11-15-25(16-12-21)41(37,38)34-32-19-23-7-6-10-27-28(30(31)36(29(23)27)24-8-4-3-5-9-24)20-33-35-42(39,40)26-17-13-22(2)14-18-26/h3-20,34-35H,1-2H3/b32-19-,33-20+. The lowest BCUT2D eigenvalue weighted by atomic mass is 10.1. The molecule has 0 saturated carbocycles. The maximum absolute atomic E-state index is 12.7. The summed E-state index contributed by atoms with van der Waals surface area (Å²) in [5, 5.41) is 8.95. The van der Waals surface area contributed by atoms with Gasteiger partial charge in [0, 0.05) is 22.2 Å². The predicted molar refractivity (Wildman–Crippen MR) is 166 cm³/mol. The average molecular weight is 620 g/mol. The lowest BCUT2D eigenvalue weighted by Crippen LogP contribution is -2.18. The third kappa shape index (κ3) is 6.08. The van der Waals surface area contributed by atoms with Crippen molar-refractivity contribution in [3.63, 3.8) is 0 Å². The first-order valence-corrected chi connectivity index (χ1v) is 16.0. The Morgan fingerprint density at radius 3 is 1.74 bits per heavy atom. The second-order valence-electron chi connectivity index (χ2n) is 9.45. The van der Waals surface area contributed by atoms with Crippen LogP contribution in [0.4, 0.5) is 0 Å². The van der Waals surface area contributed by atoms with Gasteiger partial charge in [0.2, 0.25) is 0 Å². The minimum Gasteiger partial charge on any atom is -0.299 e. The Morgan fingerprint density at radius 1 is 0.667 bits per heavy atom. The summed E-state index contributed by atoms with van der Waals surface area (Å²) < 4.78 is 52.7. The Bertz CT molecular complexity index is 2020. The zero-order chi connectivity index (χ0) is 29.9. The summed E-state index contributed by atoms with van der Waals surface area (Å²) in [7, 11) is -7.79. The largest absolute Gasteiger partial charge is 0.299 e. The number of fused-ring (bicyclic) bond motifs is 1. The summed E-state index contributed by atoms with van der Waals surface area (Å²) in [5.41, 5.74) is 4.23. The van der Waals surface area contributed by atoms with Crippen LogP contribution in [0.5, 0.6) is 0 Å². The quantitative estimate of drug-likeness (QED) is 0.166. The van der Waals surface area contributed by atoms with Crippen molar-refractivity contribution < 1.29 is 16.8 Å². The number of aryl methyl sites for hydroxylation is 2. The topological polar surface area (TPSA) is 122 Å². The van der Waals surface area contributed by atoms with Crippen molar-refractivity contribution in [3.05, 3.63) is 124 Å². The summed E-state index contributed by atoms with van der Waals surface area (Å²) in [6.07, 6.45) is 2.74. The molecular weight excluding hydrogens is 594 g/mol. The molecule has 2 N–H and O–H groups in total. The number of benzene rings is 4. The van der Waals surface area contributed by atoms with Gasteiger partial charge >= 0.3 is 0 Å². The zero-order valence-electron chi connectivity index (χ0n) is 22.6. The molecule has 214 valence electrons. The first-order chi connectivity index (χ1) is 20.1. The van der Waals surface area contributed by atoms with Crippen LogP contribution in [0, 0.1) is 13.8 Å². The smallest absolute Gasteiger partial charge is 0.276 e. The van der Waals surface area contributed by atoms with E-state index in [0.29, 0.717) is 22.0 Å². The maximum Gasteiger partial charge on any atom is 0.276 e. The minimum absolute atomic E-state index is 0.0784. The van der Waals surface area contributed by atoms with Crippen LogP contribution in [0.2, 0.25) is 5.15 Å². The molecule has 0 aliphatic carbocycles. The Kier molecular flexibility index (Phi) is 8.17. The van der Waals surface area contributed by atoms with Gasteiger partial charge < -0.3 is 0 Å². The Hall–Kier alpha value is -4.45. The molecule has 0 atom stereocenters. The van der Waals surface area contributed by atoms with Crippen LogP contribution >= 0.6 is 11.6 Å². The first-order valence-electron chi connectivity index (χ1n) is 12.7. The van der Waals surface area contributed by atoms with Gasteiger partial charge in [0.15, 0.2) is 0 Å². The molecule has 0 fully saturated rings. The van der Waals surface area contributed by atoms with E-state index in [0.717, 1.165) is 16.8 Å². The number of hydrogen-bond acceptors (Lipinski definition) is 6. The van der Waals surface area contributed by atoms with Crippen molar-refractivity contribution in [2.75, 3.05) is 0 Å². The molecule has 0 saturated heterocycles. The molecule has 0 amide bonds. The summed E-state index contributed by atoms with van der Waals surface area (Å²) in [6.45, 7) is 3.73. The van der Waals surface area contributed by atoms with Gasteiger partial charge in [0.1, 0.15) is 5.15 Å². The van der Waals surface area contributed by atoms with E-state index in [1.54, 1.807) is 41.0 Å². The minimum atomic E-state index is -3.90. The Morgan fingerprint density at radius 2 is 1.19 bits per heavy atom. The van der Waals surface area contributed by atoms with Gasteiger partial charge in [-0.05, 0) is 50.2 Å². The molecule has 0 spiro atoms. The number of para-hydroxylation sites is 2. The van der Waals surface area contributed by atoms with Crippen molar-refractivity contribution in [2.45, 2.75) is 23.6 Å². The van der Waals surface area contributed by atoms with E-state index in [-0.39, 0.29) is 14.9 Å². The van der Waals surface area contributed by atoms with E-state index in [1.165, 1.54) is 36.7 Å². The van der Waals surface area contributed by atoms with Crippen molar-refractivity contribution in [2.24, 2.45) is 10.2 Å². The second-order valence-corrected chi connectivity index (χ2v) is 13.1. The van der Waals surface area contributed by atoms with Crippen LogP contribution in [0.25, 0.3) is 16.6 Å². The molecule has 4 aromatic carbocycles. The maximum atomic E-state index is 12.7. The van der Waals surface area contributed by atoms with E-state index < -0.39 is 20.0 Å². The number of aromatic nitrogens is 1. The summed E-state index contributed by atoms with van der Waals surface area (Å²) in [6, 6.07) is 27.5. The Labute approximate surface area is 249 Å². The number of nitrogens with zero attached hydrogens (tertiary/aromatic N) is 3. The van der Waals surface area contributed by atoms with Gasteiger partial charge in [0.25, 0.3) is 20.0 Å². The highest BCUT2D eigenvalue weighted by molar-refractivity contribution is 7.89. The van der Waals surface area contributed by atoms with Crippen LogP contribution in [0.15, 0.2) is 117 Å². The van der Waals surface area contributed by atoms with Crippen LogP contribution in [0.1, 0.15) is 22.3 Å². The lowest BCUT2D eigenvalue weighted by Gasteiger charge is -2.09. The average Bonchev–Trinajstić information content (AvgIpc) is 3.25. The number of hydrazone groups is 2. The molecule has 0 unspecified atom stereocenters. The fraction of sp³-hybridized carbons (Fsp3) is 0.0667. The number of sulfonamides is 2. The molecule has 9 nitrogen and oxygen atoms in total. The van der Waals surface area contributed by atoms with Gasteiger partial charge in [-0.15, -0.1) is 0 Å². The highest BCUT2D eigenvalue weighted by atomic mass is 35.5. The van der Waals surface area contributed by atoms with E-state index in [1.807, 2.05) is 50.2 Å². The van der Waals surface area contributed by atoms with Crippen LogP contribution in [0.3, 0.4) is 0 Å². The number of nitrogens with one attached hydrogen (secondary N) is 2. The molecule has 42 heavy (non-hydrogen) atoms. The fourth-order valence-corrected chi connectivity index (χ4v) is 6.19. The van der Waals surface area contributed by atoms with Crippen molar-refractivity contribution in [3.8, 4) is 5.69 Å². The molecule has 12 heteroatoms. The van der Waals surface area contributed by atoms with Crippen LogP contribution < -0.4 is 9.66 Å². The molecule has 0 radical (unpaired) electrons. The molecule has 0 aliphatic rings. The predicted octanol–water partition coefficient (Wildman–Crippen LogP) is 5.53. The molecule has 0 aliphatic heterocycles. The van der Waals surface area contributed by atoms with Gasteiger partial charge in [0.05, 0.1) is 27.7 Å². The van der Waals surface area contributed by atoms with Crippen LogP contribution in [-0.2, 0) is 20.0 Å². The third-order valence-corrected chi connectivity index (χ3v) is 9.27. The molecule has 1 heterocycles. The second kappa shape index (κ2) is 11.8. The Balaban J connectivity index is 1.53. The molecule has 5 rings (SSSR count). The molecular formula is C30H26ClN5O4S2. The van der Waals surface area contributed by atoms with E-state index in [4.69, 9.17) is 11.6 Å². The first kappa shape index (κ1) is 29.1. The van der Waals surface area contributed by atoms with Crippen molar-refractivity contribution in [1.82, 2.24) is 14.2 Å². The SMILES string of the molecule is Cc1ccc(S(=O)(=O)N/N=C\c2cccc3c(/C=N/NS(=O)(=O)c4ccc(C)cc4)c(Cl)n(-c4ccccc4)c23)cc1.